The van der Waals surface area contributed by atoms with Crippen LogP contribution in [0.2, 0.25) is 0 Å². The minimum Gasteiger partial charge on any atom is -0.309 e. The Bertz CT molecular complexity index is 783. The molecule has 0 saturated carbocycles. The lowest BCUT2D eigenvalue weighted by Gasteiger charge is -2.20. The van der Waals surface area contributed by atoms with E-state index in [9.17, 15) is 4.39 Å². The first kappa shape index (κ1) is 14.2. The Morgan fingerprint density at radius 2 is 1.86 bits per heavy atom. The summed E-state index contributed by atoms with van der Waals surface area (Å²) in [6.07, 6.45) is 3.63. The fraction of sp³-hybridized carbons (Fsp3) is 0.118. The predicted molar refractivity (Wildman–Crippen MR) is 86.7 cm³/mol. The molecule has 2 aromatic carbocycles. The van der Waals surface area contributed by atoms with Gasteiger partial charge in [-0.1, -0.05) is 30.3 Å². The minimum atomic E-state index is -0.258. The molecule has 1 N–H and O–H groups in total. The van der Waals surface area contributed by atoms with Crippen LogP contribution in [-0.4, -0.2) is 12.0 Å². The van der Waals surface area contributed by atoms with Crippen LogP contribution >= 0.6 is 15.9 Å². The van der Waals surface area contributed by atoms with E-state index in [1.54, 1.807) is 12.3 Å². The number of hydrogen-bond acceptors (Lipinski definition) is 2. The van der Waals surface area contributed by atoms with Crippen LogP contribution in [0.25, 0.3) is 10.8 Å². The first-order valence-electron chi connectivity index (χ1n) is 6.66. The fourth-order valence-electron chi connectivity index (χ4n) is 2.61. The quantitative estimate of drug-likeness (QED) is 0.759. The number of nitrogens with one attached hydrogen (secondary N) is 1. The number of nitrogens with zero attached hydrogens (tertiary/aromatic N) is 1. The molecule has 2 nitrogen and oxygen atoms in total. The van der Waals surface area contributed by atoms with E-state index >= 15 is 0 Å². The second-order valence-corrected chi connectivity index (χ2v) is 5.60. The standard InChI is InChI=1S/C17H14BrFN2/c1-20-17(13-6-3-7-15(19)16(13)18)12-5-2-4-11-8-9-21-10-14(11)12/h2-10,17,20H,1H3. The van der Waals surface area contributed by atoms with Crippen molar-refractivity contribution in [2.45, 2.75) is 6.04 Å². The van der Waals surface area contributed by atoms with Gasteiger partial charge >= 0.3 is 0 Å². The maximum Gasteiger partial charge on any atom is 0.137 e. The lowest BCUT2D eigenvalue weighted by Crippen LogP contribution is -2.18. The fourth-order valence-corrected chi connectivity index (χ4v) is 3.10. The van der Waals surface area contributed by atoms with Crippen molar-refractivity contribution in [1.82, 2.24) is 10.3 Å². The Morgan fingerprint density at radius 1 is 1.10 bits per heavy atom. The summed E-state index contributed by atoms with van der Waals surface area (Å²) >= 11 is 3.35. The molecule has 0 aliphatic rings. The molecule has 1 aromatic heterocycles. The molecule has 1 unspecified atom stereocenters. The molecular weight excluding hydrogens is 331 g/mol. The molecule has 0 spiro atoms. The summed E-state index contributed by atoms with van der Waals surface area (Å²) in [5.41, 5.74) is 1.95. The molecular formula is C17H14BrFN2. The molecule has 106 valence electrons. The molecule has 4 heteroatoms. The number of hydrogen-bond donors (Lipinski definition) is 1. The molecule has 21 heavy (non-hydrogen) atoms. The van der Waals surface area contributed by atoms with Gasteiger partial charge in [0.2, 0.25) is 0 Å². The zero-order valence-corrected chi connectivity index (χ0v) is 13.1. The van der Waals surface area contributed by atoms with Gasteiger partial charge in [-0.3, -0.25) is 4.98 Å². The number of fused-ring (bicyclic) bond motifs is 1. The van der Waals surface area contributed by atoms with E-state index in [0.717, 1.165) is 21.9 Å². The third-order valence-corrected chi connectivity index (χ3v) is 4.45. The second-order valence-electron chi connectivity index (χ2n) is 4.81. The highest BCUT2D eigenvalue weighted by Gasteiger charge is 2.18. The molecule has 0 saturated heterocycles. The molecule has 0 fully saturated rings. The van der Waals surface area contributed by atoms with Crippen LogP contribution in [0.3, 0.4) is 0 Å². The molecule has 0 bridgehead atoms. The zero-order chi connectivity index (χ0) is 14.8. The molecule has 1 heterocycles. The van der Waals surface area contributed by atoms with Crippen LogP contribution in [-0.2, 0) is 0 Å². The van der Waals surface area contributed by atoms with Crippen LogP contribution in [0.15, 0.2) is 59.3 Å². The van der Waals surface area contributed by atoms with E-state index < -0.39 is 0 Å². The summed E-state index contributed by atoms with van der Waals surface area (Å²) in [7, 11) is 1.87. The van der Waals surface area contributed by atoms with Gasteiger partial charge in [-0.25, -0.2) is 4.39 Å². The van der Waals surface area contributed by atoms with Crippen LogP contribution in [0.4, 0.5) is 4.39 Å². The Morgan fingerprint density at radius 3 is 2.67 bits per heavy atom. The molecule has 3 aromatic rings. The first-order valence-corrected chi connectivity index (χ1v) is 7.45. The van der Waals surface area contributed by atoms with Gasteiger partial charge in [0.15, 0.2) is 0 Å². The maximum absolute atomic E-state index is 13.8. The summed E-state index contributed by atoms with van der Waals surface area (Å²) in [5.74, 6) is -0.258. The van der Waals surface area contributed by atoms with Crippen LogP contribution in [0.1, 0.15) is 17.2 Å². The van der Waals surface area contributed by atoms with E-state index in [0.29, 0.717) is 4.47 Å². The van der Waals surface area contributed by atoms with Crippen molar-refractivity contribution < 1.29 is 4.39 Å². The molecule has 1 atom stereocenters. The van der Waals surface area contributed by atoms with Gasteiger partial charge in [-0.05, 0) is 51.6 Å². The van der Waals surface area contributed by atoms with Crippen molar-refractivity contribution in [3.8, 4) is 0 Å². The van der Waals surface area contributed by atoms with Crippen molar-refractivity contribution in [2.24, 2.45) is 0 Å². The van der Waals surface area contributed by atoms with E-state index in [2.05, 4.69) is 26.2 Å². The Hall–Kier alpha value is -1.78. The van der Waals surface area contributed by atoms with Crippen molar-refractivity contribution >= 4 is 26.7 Å². The number of halogens is 2. The van der Waals surface area contributed by atoms with E-state index in [-0.39, 0.29) is 11.9 Å². The normalized spacial score (nSPS) is 12.5. The first-order chi connectivity index (χ1) is 10.2. The average Bonchev–Trinajstić information content (AvgIpc) is 2.52. The van der Waals surface area contributed by atoms with Crippen molar-refractivity contribution in [1.29, 1.82) is 0 Å². The lowest BCUT2D eigenvalue weighted by atomic mass is 9.94. The van der Waals surface area contributed by atoms with Crippen LogP contribution in [0, 0.1) is 5.82 Å². The van der Waals surface area contributed by atoms with Gasteiger partial charge in [-0.15, -0.1) is 0 Å². The number of rotatable bonds is 3. The van der Waals surface area contributed by atoms with Crippen LogP contribution in [0.5, 0.6) is 0 Å². The Balaban J connectivity index is 2.21. The highest BCUT2D eigenvalue weighted by Crippen LogP contribution is 2.33. The van der Waals surface area contributed by atoms with E-state index in [1.165, 1.54) is 6.07 Å². The third-order valence-electron chi connectivity index (χ3n) is 3.61. The highest BCUT2D eigenvalue weighted by molar-refractivity contribution is 9.10. The second kappa shape index (κ2) is 5.92. The zero-order valence-electron chi connectivity index (χ0n) is 11.5. The summed E-state index contributed by atoms with van der Waals surface area (Å²) in [6, 6.07) is 13.1. The molecule has 0 aliphatic heterocycles. The SMILES string of the molecule is CNC(c1cccc(F)c1Br)c1cccc2ccncc12. The van der Waals surface area contributed by atoms with Crippen LogP contribution < -0.4 is 5.32 Å². The lowest BCUT2D eigenvalue weighted by molar-refractivity contribution is 0.609. The Kier molecular flexibility index (Phi) is 3.99. The molecule has 0 aliphatic carbocycles. The van der Waals surface area contributed by atoms with Crippen molar-refractivity contribution in [2.75, 3.05) is 7.05 Å². The average molecular weight is 345 g/mol. The Labute approximate surface area is 131 Å². The summed E-state index contributed by atoms with van der Waals surface area (Å²) in [6.45, 7) is 0. The number of pyridine rings is 1. The summed E-state index contributed by atoms with van der Waals surface area (Å²) in [5, 5.41) is 5.46. The van der Waals surface area contributed by atoms with E-state index in [4.69, 9.17) is 0 Å². The van der Waals surface area contributed by atoms with Gasteiger partial charge in [0.25, 0.3) is 0 Å². The van der Waals surface area contributed by atoms with E-state index in [1.807, 2.05) is 43.6 Å². The molecule has 3 rings (SSSR count). The third kappa shape index (κ3) is 2.57. The number of benzene rings is 2. The van der Waals surface area contributed by atoms with Crippen molar-refractivity contribution in [3.05, 3.63) is 76.3 Å². The van der Waals surface area contributed by atoms with Gasteiger partial charge in [0.1, 0.15) is 5.82 Å². The van der Waals surface area contributed by atoms with Crippen molar-refractivity contribution in [3.63, 3.8) is 0 Å². The predicted octanol–water partition coefficient (Wildman–Crippen LogP) is 4.45. The summed E-state index contributed by atoms with van der Waals surface area (Å²) < 4.78 is 14.3. The van der Waals surface area contributed by atoms with Gasteiger partial charge < -0.3 is 5.32 Å². The largest absolute Gasteiger partial charge is 0.309 e. The minimum absolute atomic E-state index is 0.108. The molecule has 0 radical (unpaired) electrons. The summed E-state index contributed by atoms with van der Waals surface area (Å²) in [4.78, 5) is 4.21. The monoisotopic (exact) mass is 344 g/mol. The van der Waals surface area contributed by atoms with Gasteiger partial charge in [-0.2, -0.15) is 0 Å². The smallest absolute Gasteiger partial charge is 0.137 e. The van der Waals surface area contributed by atoms with Gasteiger partial charge in [0.05, 0.1) is 10.5 Å². The number of aromatic nitrogens is 1. The molecule has 0 amide bonds. The van der Waals surface area contributed by atoms with Gasteiger partial charge in [0, 0.05) is 17.8 Å². The topological polar surface area (TPSA) is 24.9 Å². The maximum atomic E-state index is 13.8. The highest BCUT2D eigenvalue weighted by atomic mass is 79.9.